The molecule has 2 aromatic rings. The predicted octanol–water partition coefficient (Wildman–Crippen LogP) is 2.56. The Morgan fingerprint density at radius 2 is 2.05 bits per heavy atom. The Morgan fingerprint density at radius 1 is 1.35 bits per heavy atom. The van der Waals surface area contributed by atoms with Gasteiger partial charge < -0.3 is 9.15 Å². The fourth-order valence-corrected chi connectivity index (χ4v) is 1.89. The monoisotopic (exact) mass is 294 g/mol. The number of benzene rings is 1. The number of amides is 1. The number of furan rings is 1. The summed E-state index contributed by atoms with van der Waals surface area (Å²) in [7, 11) is 0. The van der Waals surface area contributed by atoms with E-state index in [9.17, 15) is 4.79 Å². The number of carbonyl (C=O) groups excluding carboxylic acids is 1. The number of nitrogens with one attached hydrogen (secondary N) is 1. The average Bonchev–Trinajstić information content (AvgIpc) is 2.81. The van der Waals surface area contributed by atoms with Gasteiger partial charge in [-0.15, -0.1) is 0 Å². The van der Waals surface area contributed by atoms with E-state index in [1.54, 1.807) is 25.1 Å². The van der Waals surface area contributed by atoms with E-state index >= 15 is 0 Å². The lowest BCUT2D eigenvalue weighted by Crippen LogP contribution is -2.30. The molecule has 0 unspecified atom stereocenters. The maximum Gasteiger partial charge on any atom is 0.268 e. The minimum absolute atomic E-state index is 0.279. The summed E-state index contributed by atoms with van der Waals surface area (Å²) in [6.45, 7) is 2.42. The zero-order chi connectivity index (χ0) is 14.5. The van der Waals surface area contributed by atoms with Crippen LogP contribution in [0.3, 0.4) is 0 Å². The maximum absolute atomic E-state index is 11.4. The Kier molecular flexibility index (Phi) is 4.79. The van der Waals surface area contributed by atoms with E-state index in [0.717, 1.165) is 5.56 Å². The maximum atomic E-state index is 11.4. The predicted molar refractivity (Wildman–Crippen MR) is 75.0 cm³/mol. The molecule has 0 aliphatic rings. The summed E-state index contributed by atoms with van der Waals surface area (Å²) in [4.78, 5) is 11.4. The Labute approximate surface area is 121 Å². The second-order valence-electron chi connectivity index (χ2n) is 4.28. The van der Waals surface area contributed by atoms with E-state index in [1.165, 1.54) is 0 Å². The summed E-state index contributed by atoms with van der Waals surface area (Å²) in [6.07, 6.45) is 0. The van der Waals surface area contributed by atoms with Crippen LogP contribution < -0.4 is 11.3 Å². The van der Waals surface area contributed by atoms with E-state index in [0.29, 0.717) is 28.7 Å². The SMILES string of the molecule is Cc1oc(COCc2ccc(Cl)cc2)cc1C(=O)NN. The van der Waals surface area contributed by atoms with Crippen molar-refractivity contribution in [3.8, 4) is 0 Å². The molecule has 0 saturated carbocycles. The highest BCUT2D eigenvalue weighted by Gasteiger charge is 2.13. The van der Waals surface area contributed by atoms with Crippen molar-refractivity contribution in [2.75, 3.05) is 0 Å². The lowest BCUT2D eigenvalue weighted by molar-refractivity contribution is 0.0923. The molecular formula is C14H15ClN2O3. The molecule has 0 radical (unpaired) electrons. The molecule has 6 heteroatoms. The second-order valence-corrected chi connectivity index (χ2v) is 4.71. The number of ether oxygens (including phenoxy) is 1. The number of hydrogen-bond acceptors (Lipinski definition) is 4. The molecule has 0 aliphatic carbocycles. The van der Waals surface area contributed by atoms with Gasteiger partial charge in [0.1, 0.15) is 18.1 Å². The molecule has 0 atom stereocenters. The van der Waals surface area contributed by atoms with Gasteiger partial charge in [0.25, 0.3) is 5.91 Å². The van der Waals surface area contributed by atoms with Gasteiger partial charge in [0.15, 0.2) is 0 Å². The molecule has 1 aromatic heterocycles. The van der Waals surface area contributed by atoms with Gasteiger partial charge in [0.2, 0.25) is 0 Å². The molecule has 2 rings (SSSR count). The molecule has 0 fully saturated rings. The van der Waals surface area contributed by atoms with Crippen LogP contribution in [0.4, 0.5) is 0 Å². The average molecular weight is 295 g/mol. The van der Waals surface area contributed by atoms with Crippen molar-refractivity contribution in [2.24, 2.45) is 5.84 Å². The van der Waals surface area contributed by atoms with Gasteiger partial charge in [0, 0.05) is 5.02 Å². The molecule has 106 valence electrons. The van der Waals surface area contributed by atoms with Gasteiger partial charge in [0.05, 0.1) is 12.2 Å². The lowest BCUT2D eigenvalue weighted by Gasteiger charge is -2.02. The first-order valence-corrected chi connectivity index (χ1v) is 6.40. The molecule has 1 aromatic carbocycles. The Morgan fingerprint density at radius 3 is 2.70 bits per heavy atom. The minimum atomic E-state index is -0.379. The summed E-state index contributed by atoms with van der Waals surface area (Å²) in [6, 6.07) is 9.02. The summed E-state index contributed by atoms with van der Waals surface area (Å²) in [5, 5.41) is 0.688. The molecule has 0 spiro atoms. The smallest absolute Gasteiger partial charge is 0.268 e. The van der Waals surface area contributed by atoms with Crippen molar-refractivity contribution in [2.45, 2.75) is 20.1 Å². The number of nitrogen functional groups attached to an aromatic ring is 1. The van der Waals surface area contributed by atoms with Crippen LogP contribution in [0.1, 0.15) is 27.4 Å². The van der Waals surface area contributed by atoms with Crippen LogP contribution in [0.25, 0.3) is 0 Å². The molecule has 1 heterocycles. The van der Waals surface area contributed by atoms with Crippen LogP contribution in [0.15, 0.2) is 34.7 Å². The first-order chi connectivity index (χ1) is 9.60. The van der Waals surface area contributed by atoms with E-state index in [4.69, 9.17) is 26.6 Å². The fourth-order valence-electron chi connectivity index (χ4n) is 1.77. The van der Waals surface area contributed by atoms with Crippen molar-refractivity contribution < 1.29 is 13.9 Å². The molecule has 1 amide bonds. The normalized spacial score (nSPS) is 10.6. The van der Waals surface area contributed by atoms with Gasteiger partial charge in [-0.1, -0.05) is 23.7 Å². The molecule has 0 bridgehead atoms. The summed E-state index contributed by atoms with van der Waals surface area (Å²) < 4.78 is 11.0. The van der Waals surface area contributed by atoms with Crippen molar-refractivity contribution in [3.63, 3.8) is 0 Å². The van der Waals surface area contributed by atoms with Crippen molar-refractivity contribution in [3.05, 3.63) is 58.0 Å². The van der Waals surface area contributed by atoms with Gasteiger partial charge in [-0.25, -0.2) is 5.84 Å². The van der Waals surface area contributed by atoms with Crippen LogP contribution in [0.5, 0.6) is 0 Å². The number of halogens is 1. The molecule has 20 heavy (non-hydrogen) atoms. The molecule has 0 saturated heterocycles. The molecule has 3 N–H and O–H groups in total. The first-order valence-electron chi connectivity index (χ1n) is 6.02. The molecular weight excluding hydrogens is 280 g/mol. The van der Waals surface area contributed by atoms with Gasteiger partial charge in [-0.2, -0.15) is 0 Å². The quantitative estimate of drug-likeness (QED) is 0.505. The van der Waals surface area contributed by atoms with Gasteiger partial charge in [-0.3, -0.25) is 10.2 Å². The third-order valence-electron chi connectivity index (χ3n) is 2.77. The summed E-state index contributed by atoms with van der Waals surface area (Å²) >= 11 is 5.80. The van der Waals surface area contributed by atoms with Crippen LogP contribution >= 0.6 is 11.6 Å². The highest BCUT2D eigenvalue weighted by Crippen LogP contribution is 2.16. The topological polar surface area (TPSA) is 77.5 Å². The molecule has 0 aliphatic heterocycles. The third kappa shape index (κ3) is 3.60. The van der Waals surface area contributed by atoms with Crippen LogP contribution in [0, 0.1) is 6.92 Å². The van der Waals surface area contributed by atoms with E-state index in [1.807, 2.05) is 12.1 Å². The van der Waals surface area contributed by atoms with E-state index in [2.05, 4.69) is 5.43 Å². The standard InChI is InChI=1S/C14H15ClN2O3/c1-9-13(14(18)17-16)6-12(20-9)8-19-7-10-2-4-11(15)5-3-10/h2-6H,7-8,16H2,1H3,(H,17,18). The number of nitrogens with two attached hydrogens (primary N) is 1. The summed E-state index contributed by atoms with van der Waals surface area (Å²) in [5.41, 5.74) is 3.50. The van der Waals surface area contributed by atoms with Crippen molar-refractivity contribution in [1.29, 1.82) is 0 Å². The minimum Gasteiger partial charge on any atom is -0.463 e. The summed E-state index contributed by atoms with van der Waals surface area (Å²) in [5.74, 6) is 5.80. The zero-order valence-electron chi connectivity index (χ0n) is 11.0. The zero-order valence-corrected chi connectivity index (χ0v) is 11.7. The van der Waals surface area contributed by atoms with Crippen LogP contribution in [-0.2, 0) is 18.0 Å². The van der Waals surface area contributed by atoms with Crippen LogP contribution in [0.2, 0.25) is 5.02 Å². The fraction of sp³-hybridized carbons (Fsp3) is 0.214. The Bertz CT molecular complexity index is 593. The highest BCUT2D eigenvalue weighted by molar-refractivity contribution is 6.30. The highest BCUT2D eigenvalue weighted by atomic mass is 35.5. The van der Waals surface area contributed by atoms with Gasteiger partial charge >= 0.3 is 0 Å². The van der Waals surface area contributed by atoms with Crippen molar-refractivity contribution >= 4 is 17.5 Å². The lowest BCUT2D eigenvalue weighted by atomic mass is 10.2. The van der Waals surface area contributed by atoms with E-state index in [-0.39, 0.29) is 12.5 Å². The third-order valence-corrected chi connectivity index (χ3v) is 3.02. The number of hydrazine groups is 1. The second kappa shape index (κ2) is 6.56. The van der Waals surface area contributed by atoms with Gasteiger partial charge in [-0.05, 0) is 30.7 Å². The number of aryl methyl sites for hydroxylation is 1. The Hall–Kier alpha value is -1.82. The number of rotatable bonds is 5. The van der Waals surface area contributed by atoms with Crippen molar-refractivity contribution in [1.82, 2.24) is 5.43 Å². The number of carbonyl (C=O) groups is 1. The largest absolute Gasteiger partial charge is 0.463 e. The number of hydrogen-bond donors (Lipinski definition) is 2. The molecule has 5 nitrogen and oxygen atoms in total. The van der Waals surface area contributed by atoms with Crippen LogP contribution in [-0.4, -0.2) is 5.91 Å². The van der Waals surface area contributed by atoms with E-state index < -0.39 is 0 Å². The first kappa shape index (κ1) is 14.6. The Balaban J connectivity index is 1.91.